The van der Waals surface area contributed by atoms with Gasteiger partial charge in [-0.2, -0.15) is 0 Å². The molecule has 0 aliphatic rings. The van der Waals surface area contributed by atoms with Gasteiger partial charge in [-0.3, -0.25) is 10.1 Å². The monoisotopic (exact) mass is 312 g/mol. The number of aromatic nitrogens is 1. The van der Waals surface area contributed by atoms with E-state index in [9.17, 15) is 9.59 Å². The SMILES string of the molecule is CC(=O)Nc1cccc(CNC(=O)Nc2cc(C)cc(C)n2)c1. The van der Waals surface area contributed by atoms with Gasteiger partial charge < -0.3 is 10.6 Å². The van der Waals surface area contributed by atoms with Gasteiger partial charge in [0.25, 0.3) is 0 Å². The Morgan fingerprint density at radius 1 is 1.09 bits per heavy atom. The predicted molar refractivity (Wildman–Crippen MR) is 90.3 cm³/mol. The van der Waals surface area contributed by atoms with Gasteiger partial charge in [0.05, 0.1) is 0 Å². The largest absolute Gasteiger partial charge is 0.334 e. The molecule has 6 nitrogen and oxygen atoms in total. The second-order valence-electron chi connectivity index (χ2n) is 5.36. The summed E-state index contributed by atoms with van der Waals surface area (Å²) in [5, 5.41) is 8.18. The summed E-state index contributed by atoms with van der Waals surface area (Å²) in [5.41, 5.74) is 3.48. The molecule has 0 atom stereocenters. The molecule has 0 saturated carbocycles. The molecule has 1 aromatic carbocycles. The molecule has 0 bridgehead atoms. The third kappa shape index (κ3) is 5.43. The van der Waals surface area contributed by atoms with Gasteiger partial charge in [-0.1, -0.05) is 12.1 Å². The first-order valence-corrected chi connectivity index (χ1v) is 7.29. The standard InChI is InChI=1S/C17H20N4O2/c1-11-7-12(2)19-16(8-11)21-17(23)18-10-14-5-4-6-15(9-14)20-13(3)22/h4-9H,10H2,1-3H3,(H,20,22)(H2,18,19,21,23). The van der Waals surface area contributed by atoms with Crippen LogP contribution in [-0.2, 0) is 11.3 Å². The maximum Gasteiger partial charge on any atom is 0.320 e. The van der Waals surface area contributed by atoms with Crippen molar-refractivity contribution in [2.75, 3.05) is 10.6 Å². The highest BCUT2D eigenvalue weighted by Gasteiger charge is 2.05. The first kappa shape index (κ1) is 16.5. The third-order valence-electron chi connectivity index (χ3n) is 3.04. The van der Waals surface area contributed by atoms with E-state index in [0.29, 0.717) is 18.1 Å². The normalized spacial score (nSPS) is 10.0. The van der Waals surface area contributed by atoms with Crippen LogP contribution >= 0.6 is 0 Å². The zero-order valence-electron chi connectivity index (χ0n) is 13.4. The van der Waals surface area contributed by atoms with Crippen molar-refractivity contribution in [2.24, 2.45) is 0 Å². The second kappa shape index (κ2) is 7.40. The second-order valence-corrected chi connectivity index (χ2v) is 5.36. The van der Waals surface area contributed by atoms with E-state index in [1.54, 1.807) is 6.07 Å². The molecule has 0 unspecified atom stereocenters. The van der Waals surface area contributed by atoms with Crippen LogP contribution in [0, 0.1) is 13.8 Å². The summed E-state index contributed by atoms with van der Waals surface area (Å²) in [6, 6.07) is 10.7. The van der Waals surface area contributed by atoms with Crippen molar-refractivity contribution in [3.05, 3.63) is 53.2 Å². The van der Waals surface area contributed by atoms with Crippen molar-refractivity contribution in [2.45, 2.75) is 27.3 Å². The number of nitrogens with zero attached hydrogens (tertiary/aromatic N) is 1. The first-order valence-electron chi connectivity index (χ1n) is 7.29. The molecule has 3 N–H and O–H groups in total. The highest BCUT2D eigenvalue weighted by molar-refractivity contribution is 5.89. The van der Waals surface area contributed by atoms with Crippen molar-refractivity contribution in [1.82, 2.24) is 10.3 Å². The molecule has 2 rings (SSSR count). The van der Waals surface area contributed by atoms with Gasteiger partial charge in [0.15, 0.2) is 0 Å². The highest BCUT2D eigenvalue weighted by Crippen LogP contribution is 2.11. The molecule has 0 radical (unpaired) electrons. The number of carbonyl (C=O) groups is 2. The van der Waals surface area contributed by atoms with Crippen LogP contribution in [0.4, 0.5) is 16.3 Å². The lowest BCUT2D eigenvalue weighted by Gasteiger charge is -2.09. The van der Waals surface area contributed by atoms with Gasteiger partial charge >= 0.3 is 6.03 Å². The summed E-state index contributed by atoms with van der Waals surface area (Å²) in [7, 11) is 0. The maximum atomic E-state index is 11.9. The fourth-order valence-corrected chi connectivity index (χ4v) is 2.21. The molecule has 1 aromatic heterocycles. The summed E-state index contributed by atoms with van der Waals surface area (Å²) in [5.74, 6) is 0.390. The number of urea groups is 1. The van der Waals surface area contributed by atoms with Gasteiger partial charge in [0.2, 0.25) is 5.91 Å². The van der Waals surface area contributed by atoms with Crippen molar-refractivity contribution >= 4 is 23.4 Å². The van der Waals surface area contributed by atoms with E-state index in [2.05, 4.69) is 20.9 Å². The summed E-state index contributed by atoms with van der Waals surface area (Å²) in [6.07, 6.45) is 0. The fraction of sp³-hybridized carbons (Fsp3) is 0.235. The number of hydrogen-bond donors (Lipinski definition) is 3. The molecule has 0 spiro atoms. The van der Waals surface area contributed by atoms with Gasteiger partial charge in [-0.15, -0.1) is 0 Å². The van der Waals surface area contributed by atoms with Gasteiger partial charge in [0, 0.05) is 24.8 Å². The number of hydrogen-bond acceptors (Lipinski definition) is 3. The molecule has 6 heteroatoms. The van der Waals surface area contributed by atoms with Crippen LogP contribution in [0.15, 0.2) is 36.4 Å². The molecule has 23 heavy (non-hydrogen) atoms. The highest BCUT2D eigenvalue weighted by atomic mass is 16.2. The van der Waals surface area contributed by atoms with E-state index < -0.39 is 0 Å². The number of benzene rings is 1. The van der Waals surface area contributed by atoms with E-state index in [1.807, 2.05) is 44.2 Å². The molecular weight excluding hydrogens is 292 g/mol. The zero-order valence-corrected chi connectivity index (χ0v) is 13.4. The fourth-order valence-electron chi connectivity index (χ4n) is 2.21. The van der Waals surface area contributed by atoms with Gasteiger partial charge in [0.1, 0.15) is 5.82 Å². The van der Waals surface area contributed by atoms with Gasteiger partial charge in [-0.25, -0.2) is 9.78 Å². The molecule has 120 valence electrons. The Morgan fingerprint density at radius 2 is 1.87 bits per heavy atom. The van der Waals surface area contributed by atoms with E-state index in [1.165, 1.54) is 6.92 Å². The van der Waals surface area contributed by atoms with Crippen LogP contribution in [0.25, 0.3) is 0 Å². The first-order chi connectivity index (χ1) is 10.9. The Hall–Kier alpha value is -2.89. The molecular formula is C17H20N4O2. The lowest BCUT2D eigenvalue weighted by atomic mass is 10.2. The summed E-state index contributed by atoms with van der Waals surface area (Å²) >= 11 is 0. The minimum Gasteiger partial charge on any atom is -0.334 e. The van der Waals surface area contributed by atoms with Crippen molar-refractivity contribution in [1.29, 1.82) is 0 Å². The average molecular weight is 312 g/mol. The molecule has 2 aromatic rings. The van der Waals surface area contributed by atoms with Crippen molar-refractivity contribution < 1.29 is 9.59 Å². The Bertz CT molecular complexity index is 708. The lowest BCUT2D eigenvalue weighted by molar-refractivity contribution is -0.114. The molecule has 0 fully saturated rings. The van der Waals surface area contributed by atoms with E-state index in [4.69, 9.17) is 0 Å². The summed E-state index contributed by atoms with van der Waals surface area (Å²) in [6.45, 7) is 5.63. The number of anilines is 2. The average Bonchev–Trinajstić information content (AvgIpc) is 2.43. The maximum absolute atomic E-state index is 11.9. The molecule has 1 heterocycles. The van der Waals surface area contributed by atoms with Crippen molar-refractivity contribution in [3.63, 3.8) is 0 Å². The van der Waals surface area contributed by atoms with Crippen LogP contribution in [0.2, 0.25) is 0 Å². The summed E-state index contributed by atoms with van der Waals surface area (Å²) in [4.78, 5) is 27.2. The van der Waals surface area contributed by atoms with E-state index in [-0.39, 0.29) is 11.9 Å². The minimum absolute atomic E-state index is 0.131. The van der Waals surface area contributed by atoms with Crippen LogP contribution in [0.3, 0.4) is 0 Å². The minimum atomic E-state index is -0.326. The molecule has 0 saturated heterocycles. The topological polar surface area (TPSA) is 83.1 Å². The quantitative estimate of drug-likeness (QED) is 0.811. The Labute approximate surface area is 135 Å². The zero-order chi connectivity index (χ0) is 16.8. The van der Waals surface area contributed by atoms with Crippen molar-refractivity contribution in [3.8, 4) is 0 Å². The number of amides is 3. The van der Waals surface area contributed by atoms with Crippen LogP contribution in [0.1, 0.15) is 23.7 Å². The number of aryl methyl sites for hydroxylation is 2. The Kier molecular flexibility index (Phi) is 5.30. The Morgan fingerprint density at radius 3 is 2.57 bits per heavy atom. The smallest absolute Gasteiger partial charge is 0.320 e. The number of nitrogens with one attached hydrogen (secondary N) is 3. The number of carbonyl (C=O) groups excluding carboxylic acids is 2. The third-order valence-corrected chi connectivity index (χ3v) is 3.04. The van der Waals surface area contributed by atoms with Crippen LogP contribution in [-0.4, -0.2) is 16.9 Å². The summed E-state index contributed by atoms with van der Waals surface area (Å²) < 4.78 is 0. The predicted octanol–water partition coefficient (Wildman–Crippen LogP) is 2.98. The molecule has 0 aliphatic carbocycles. The van der Waals surface area contributed by atoms with E-state index in [0.717, 1.165) is 16.8 Å². The van der Waals surface area contributed by atoms with E-state index >= 15 is 0 Å². The lowest BCUT2D eigenvalue weighted by Crippen LogP contribution is -2.28. The van der Waals surface area contributed by atoms with Crippen LogP contribution < -0.4 is 16.0 Å². The van der Waals surface area contributed by atoms with Gasteiger partial charge in [-0.05, 0) is 49.2 Å². The molecule has 3 amide bonds. The number of rotatable bonds is 4. The number of pyridine rings is 1. The Balaban J connectivity index is 1.92. The molecule has 0 aliphatic heterocycles. The van der Waals surface area contributed by atoms with Crippen LogP contribution in [0.5, 0.6) is 0 Å².